The average molecular weight is 289 g/mol. The van der Waals surface area contributed by atoms with Crippen LogP contribution in [0.25, 0.3) is 0 Å². The van der Waals surface area contributed by atoms with Crippen LogP contribution in [0.2, 0.25) is 0 Å². The zero-order chi connectivity index (χ0) is 16.6. The number of aliphatic hydroxyl groups excluding tert-OH is 1. The van der Waals surface area contributed by atoms with Crippen LogP contribution in [0.1, 0.15) is 54.9 Å². The topological polar surface area (TPSA) is 58.6 Å². The molecule has 0 bridgehead atoms. The molecule has 4 heteroatoms. The van der Waals surface area contributed by atoms with Gasteiger partial charge in [-0.05, 0) is 31.2 Å². The molecule has 0 aromatic heterocycles. The van der Waals surface area contributed by atoms with Gasteiger partial charge in [-0.3, -0.25) is 4.79 Å². The fraction of sp³-hybridized carbons (Fsp3) is 0.938. The van der Waals surface area contributed by atoms with E-state index in [0.717, 1.165) is 13.5 Å². The largest absolute Gasteiger partial charge is 0.464 e. The van der Waals surface area contributed by atoms with E-state index in [0.29, 0.717) is 13.2 Å². The van der Waals surface area contributed by atoms with Gasteiger partial charge in [0.2, 0.25) is 0 Å². The Bertz CT molecular complexity index is 276. The molecule has 2 N–H and O–H groups in total. The van der Waals surface area contributed by atoms with Crippen LogP contribution in [0.15, 0.2) is 0 Å². The smallest absolute Gasteiger partial charge is 0.312 e. The molecule has 0 saturated carbocycles. The molecule has 1 atom stereocenters. The number of likely N-dealkylation sites (N-methyl/N-ethyl adjacent to an activating group) is 1. The van der Waals surface area contributed by atoms with Crippen LogP contribution in [-0.2, 0) is 9.53 Å². The molecule has 0 amide bonds. The highest BCUT2D eigenvalue weighted by Gasteiger charge is 2.47. The second-order valence-electron chi connectivity index (χ2n) is 7.56. The minimum Gasteiger partial charge on any atom is -0.464 e. The summed E-state index contributed by atoms with van der Waals surface area (Å²) in [5.41, 5.74) is -0.472. The molecule has 0 rings (SSSR count). The maximum Gasteiger partial charge on any atom is 0.312 e. The van der Waals surface area contributed by atoms with Gasteiger partial charge in [0.15, 0.2) is 0 Å². The van der Waals surface area contributed by atoms with Gasteiger partial charge in [0.25, 0.3) is 0 Å². The molecule has 0 saturated heterocycles. The molecule has 0 aromatic rings. The first-order valence-corrected chi connectivity index (χ1v) is 7.20. The fourth-order valence-corrected chi connectivity index (χ4v) is 2.11. The molecule has 20 heavy (non-hydrogen) atoms. The molecule has 0 spiro atoms. The van der Waals surface area contributed by atoms with E-state index in [-0.39, 0.29) is 16.8 Å². The SMILES string of the molecule is CNCCOC(=O)C(C)(CC(C)(C)C)C(C)(C)C.CO. The summed E-state index contributed by atoms with van der Waals surface area (Å²) < 4.78 is 5.42. The van der Waals surface area contributed by atoms with Gasteiger partial charge < -0.3 is 15.2 Å². The Labute approximate surface area is 125 Å². The Morgan fingerprint density at radius 3 is 1.80 bits per heavy atom. The molecule has 4 nitrogen and oxygen atoms in total. The minimum atomic E-state index is -0.459. The average Bonchev–Trinajstić information content (AvgIpc) is 2.28. The van der Waals surface area contributed by atoms with E-state index in [1.165, 1.54) is 0 Å². The van der Waals surface area contributed by atoms with Crippen molar-refractivity contribution in [3.05, 3.63) is 0 Å². The van der Waals surface area contributed by atoms with Gasteiger partial charge in [-0.2, -0.15) is 0 Å². The predicted molar refractivity (Wildman–Crippen MR) is 84.7 cm³/mol. The Balaban J connectivity index is 0. The Kier molecular flexibility index (Phi) is 9.35. The van der Waals surface area contributed by atoms with Crippen molar-refractivity contribution in [1.29, 1.82) is 0 Å². The molecular weight excluding hydrogens is 254 g/mol. The van der Waals surface area contributed by atoms with E-state index < -0.39 is 5.41 Å². The van der Waals surface area contributed by atoms with Crippen molar-refractivity contribution in [1.82, 2.24) is 5.32 Å². The fourth-order valence-electron chi connectivity index (χ4n) is 2.11. The molecule has 122 valence electrons. The van der Waals surface area contributed by atoms with Crippen molar-refractivity contribution >= 4 is 5.97 Å². The van der Waals surface area contributed by atoms with Crippen molar-refractivity contribution in [3.8, 4) is 0 Å². The second-order valence-corrected chi connectivity index (χ2v) is 7.56. The van der Waals surface area contributed by atoms with E-state index in [2.05, 4.69) is 46.9 Å². The van der Waals surface area contributed by atoms with Crippen LogP contribution in [0.4, 0.5) is 0 Å². The third-order valence-electron chi connectivity index (χ3n) is 3.57. The summed E-state index contributed by atoms with van der Waals surface area (Å²) in [6.45, 7) is 16.0. The van der Waals surface area contributed by atoms with Gasteiger partial charge in [0.05, 0.1) is 5.41 Å². The maximum atomic E-state index is 12.4. The summed E-state index contributed by atoms with van der Waals surface area (Å²) >= 11 is 0. The van der Waals surface area contributed by atoms with Gasteiger partial charge in [0.1, 0.15) is 6.61 Å². The van der Waals surface area contributed by atoms with Crippen molar-refractivity contribution in [3.63, 3.8) is 0 Å². The Hall–Kier alpha value is -0.610. The third-order valence-corrected chi connectivity index (χ3v) is 3.57. The summed E-state index contributed by atoms with van der Waals surface area (Å²) in [4.78, 5) is 12.4. The first-order valence-electron chi connectivity index (χ1n) is 7.20. The number of aliphatic hydroxyl groups is 1. The van der Waals surface area contributed by atoms with E-state index >= 15 is 0 Å². The van der Waals surface area contributed by atoms with Crippen LogP contribution in [0.5, 0.6) is 0 Å². The van der Waals surface area contributed by atoms with E-state index in [4.69, 9.17) is 9.84 Å². The summed E-state index contributed by atoms with van der Waals surface area (Å²) in [6, 6.07) is 0. The number of nitrogens with one attached hydrogen (secondary N) is 1. The lowest BCUT2D eigenvalue weighted by Crippen LogP contribution is -2.44. The normalized spacial score (nSPS) is 14.9. The lowest BCUT2D eigenvalue weighted by molar-refractivity contribution is -0.164. The number of esters is 1. The molecule has 0 aliphatic rings. The molecular formula is C16H35NO3. The number of ether oxygens (including phenoxy) is 1. The van der Waals surface area contributed by atoms with Crippen molar-refractivity contribution < 1.29 is 14.6 Å². The number of hydrogen-bond acceptors (Lipinski definition) is 4. The Morgan fingerprint density at radius 2 is 1.50 bits per heavy atom. The second kappa shape index (κ2) is 8.63. The molecule has 1 unspecified atom stereocenters. The minimum absolute atomic E-state index is 0.0832. The number of rotatable bonds is 5. The zero-order valence-corrected chi connectivity index (χ0v) is 14.9. The Morgan fingerprint density at radius 1 is 1.05 bits per heavy atom. The highest BCUT2D eigenvalue weighted by Crippen LogP contribution is 2.47. The molecule has 0 aromatic carbocycles. The lowest BCUT2D eigenvalue weighted by atomic mass is 9.61. The van der Waals surface area contributed by atoms with Crippen molar-refractivity contribution in [2.24, 2.45) is 16.2 Å². The molecule has 0 fully saturated rings. The van der Waals surface area contributed by atoms with Gasteiger partial charge in [0, 0.05) is 13.7 Å². The van der Waals surface area contributed by atoms with Gasteiger partial charge in [-0.25, -0.2) is 0 Å². The summed E-state index contributed by atoms with van der Waals surface area (Å²) in [7, 11) is 2.85. The quantitative estimate of drug-likeness (QED) is 0.603. The van der Waals surface area contributed by atoms with E-state index in [1.54, 1.807) is 0 Å². The van der Waals surface area contributed by atoms with Gasteiger partial charge >= 0.3 is 5.97 Å². The van der Waals surface area contributed by atoms with Crippen molar-refractivity contribution in [2.75, 3.05) is 27.3 Å². The third kappa shape index (κ3) is 7.25. The number of hydrogen-bond donors (Lipinski definition) is 2. The molecule has 0 radical (unpaired) electrons. The number of carbonyl (C=O) groups excluding carboxylic acids is 1. The van der Waals surface area contributed by atoms with Crippen molar-refractivity contribution in [2.45, 2.75) is 54.9 Å². The first kappa shape index (κ1) is 21.7. The van der Waals surface area contributed by atoms with Crippen LogP contribution in [0, 0.1) is 16.2 Å². The predicted octanol–water partition coefficient (Wildman–Crippen LogP) is 2.85. The van der Waals surface area contributed by atoms with Gasteiger partial charge in [-0.1, -0.05) is 41.5 Å². The summed E-state index contributed by atoms with van der Waals surface area (Å²) in [6.07, 6.45) is 0.821. The highest BCUT2D eigenvalue weighted by atomic mass is 16.5. The summed E-state index contributed by atoms with van der Waals surface area (Å²) in [5.74, 6) is -0.0832. The zero-order valence-electron chi connectivity index (χ0n) is 14.9. The van der Waals surface area contributed by atoms with Crippen LogP contribution in [-0.4, -0.2) is 38.4 Å². The molecule has 0 aliphatic heterocycles. The van der Waals surface area contributed by atoms with E-state index in [1.807, 2.05) is 14.0 Å². The van der Waals surface area contributed by atoms with Crippen LogP contribution >= 0.6 is 0 Å². The lowest BCUT2D eigenvalue weighted by Gasteiger charge is -2.43. The standard InChI is InChI=1S/C15H31NO2.CH4O/c1-13(2,3)11-15(7,14(4,5)6)12(17)18-10-9-16-8;1-2/h16H,9-11H2,1-8H3;2H,1H3. The van der Waals surface area contributed by atoms with Crippen LogP contribution in [0.3, 0.4) is 0 Å². The van der Waals surface area contributed by atoms with Gasteiger partial charge in [-0.15, -0.1) is 0 Å². The number of carbonyl (C=O) groups is 1. The molecule has 0 aliphatic carbocycles. The highest BCUT2D eigenvalue weighted by molar-refractivity contribution is 5.77. The maximum absolute atomic E-state index is 12.4. The van der Waals surface area contributed by atoms with Crippen LogP contribution < -0.4 is 5.32 Å². The first-order chi connectivity index (χ1) is 8.94. The summed E-state index contributed by atoms with van der Waals surface area (Å²) in [5, 5.41) is 9.98. The monoisotopic (exact) mass is 289 g/mol. The molecule has 0 heterocycles. The van der Waals surface area contributed by atoms with E-state index in [9.17, 15) is 4.79 Å².